The van der Waals surface area contributed by atoms with Crippen LogP contribution in [0.15, 0.2) is 30.5 Å². The molecule has 0 radical (unpaired) electrons. The minimum atomic E-state index is -4.92. The quantitative estimate of drug-likeness (QED) is 0.339. The number of fused-ring (bicyclic) bond motifs is 1. The van der Waals surface area contributed by atoms with Crippen LogP contribution in [0.25, 0.3) is 22.3 Å². The maximum Gasteiger partial charge on any atom is 0.417 e. The maximum absolute atomic E-state index is 15.1. The summed E-state index contributed by atoms with van der Waals surface area (Å²) < 4.78 is 120. The van der Waals surface area contributed by atoms with Gasteiger partial charge in [0.1, 0.15) is 29.1 Å². The Hall–Kier alpha value is -2.54. The fourth-order valence-electron chi connectivity index (χ4n) is 4.07. The normalized spacial score (nSPS) is 20.5. The van der Waals surface area contributed by atoms with E-state index in [4.69, 9.17) is 0 Å². The molecule has 0 saturated heterocycles. The van der Waals surface area contributed by atoms with E-state index >= 15 is 4.39 Å². The number of hydrogen-bond acceptors (Lipinski definition) is 2. The number of pyridine rings is 1. The topological polar surface area (TPSA) is 46.9 Å². The lowest BCUT2D eigenvalue weighted by atomic mass is 9.90. The van der Waals surface area contributed by atoms with Gasteiger partial charge in [-0.05, 0) is 62.4 Å². The third kappa shape index (κ3) is 6.31. The molecule has 37 heavy (non-hydrogen) atoms. The van der Waals surface area contributed by atoms with E-state index in [1.54, 1.807) is 10.8 Å². The predicted molar refractivity (Wildman–Crippen MR) is 123 cm³/mol. The fraction of sp³-hybridized carbons (Fsp3) is 0.458. The molecule has 0 aliphatic heterocycles. The van der Waals surface area contributed by atoms with Crippen LogP contribution >= 0.6 is 0 Å². The molecule has 0 spiro atoms. The van der Waals surface area contributed by atoms with Gasteiger partial charge in [-0.2, -0.15) is 13.2 Å². The Labute approximate surface area is 209 Å². The molecular formula is C24H23F8N3OS. The first-order valence-corrected chi connectivity index (χ1v) is 12.7. The van der Waals surface area contributed by atoms with Crippen molar-refractivity contribution >= 4 is 22.0 Å². The molecule has 0 amide bonds. The molecule has 0 bridgehead atoms. The van der Waals surface area contributed by atoms with Crippen molar-refractivity contribution in [3.8, 4) is 11.3 Å². The van der Waals surface area contributed by atoms with Crippen molar-refractivity contribution in [2.24, 2.45) is 0 Å². The number of nitrogens with zero attached hydrogens (tertiary/aromatic N) is 2. The third-order valence-corrected chi connectivity index (χ3v) is 7.57. The third-order valence-electron chi connectivity index (χ3n) is 6.06. The van der Waals surface area contributed by atoms with Gasteiger partial charge < -0.3 is 4.57 Å². The second-order valence-electron chi connectivity index (χ2n) is 9.00. The lowest BCUT2D eigenvalue weighted by molar-refractivity contribution is -0.137. The summed E-state index contributed by atoms with van der Waals surface area (Å²) in [4.78, 5) is 4.21. The maximum atomic E-state index is 15.1. The number of nitrogens with one attached hydrogen (secondary N) is 1. The second-order valence-corrected chi connectivity index (χ2v) is 10.5. The van der Waals surface area contributed by atoms with Gasteiger partial charge in [0, 0.05) is 35.0 Å². The highest BCUT2D eigenvalue weighted by Crippen LogP contribution is 2.41. The van der Waals surface area contributed by atoms with Crippen LogP contribution in [-0.2, 0) is 23.7 Å². The molecule has 1 unspecified atom stereocenters. The highest BCUT2D eigenvalue weighted by Gasteiger charge is 2.36. The molecule has 3 aromatic rings. The van der Waals surface area contributed by atoms with E-state index in [0.717, 1.165) is 38.0 Å². The van der Waals surface area contributed by atoms with Crippen LogP contribution in [-0.4, -0.2) is 31.6 Å². The molecule has 2 aliphatic carbocycles. The average molecular weight is 554 g/mol. The average Bonchev–Trinajstić information content (AvgIpc) is 3.57. The van der Waals surface area contributed by atoms with E-state index in [1.165, 1.54) is 0 Å². The minimum Gasteiger partial charge on any atom is -0.329 e. The van der Waals surface area contributed by atoms with E-state index in [2.05, 4.69) is 9.71 Å². The van der Waals surface area contributed by atoms with Gasteiger partial charge in [-0.25, -0.2) is 35.9 Å². The minimum absolute atomic E-state index is 0.0815. The van der Waals surface area contributed by atoms with Crippen molar-refractivity contribution in [2.75, 3.05) is 0 Å². The summed E-state index contributed by atoms with van der Waals surface area (Å²) in [6.45, 7) is 0.975. The van der Waals surface area contributed by atoms with Crippen LogP contribution in [0.1, 0.15) is 49.8 Å². The molecule has 2 aromatic heterocycles. The number of hydrogen-bond donors (Lipinski definition) is 1. The SMILES string of the molecule is CC(F)F.O=S(NCc1cn(C2CC(F)C2)c2nc(-c3ccc(F)cc3C(F)(F)F)c(F)cc12)C1CC1. The van der Waals surface area contributed by atoms with Crippen LogP contribution in [0, 0.1) is 11.6 Å². The molecule has 1 atom stereocenters. The van der Waals surface area contributed by atoms with Crippen molar-refractivity contribution in [2.45, 2.75) is 69.2 Å². The Morgan fingerprint density at radius 3 is 2.38 bits per heavy atom. The number of halogens is 8. The van der Waals surface area contributed by atoms with Crippen molar-refractivity contribution in [1.29, 1.82) is 0 Å². The Kier molecular flexibility index (Phi) is 7.93. The molecule has 2 saturated carbocycles. The van der Waals surface area contributed by atoms with Crippen molar-refractivity contribution in [3.05, 3.63) is 53.2 Å². The number of benzene rings is 1. The Morgan fingerprint density at radius 1 is 1.16 bits per heavy atom. The second kappa shape index (κ2) is 10.7. The molecule has 2 aliphatic rings. The van der Waals surface area contributed by atoms with E-state index < -0.39 is 58.2 Å². The first kappa shape index (κ1) is 27.5. The van der Waals surface area contributed by atoms with Crippen molar-refractivity contribution < 1.29 is 39.3 Å². The van der Waals surface area contributed by atoms with Crippen LogP contribution in [0.4, 0.5) is 35.1 Å². The van der Waals surface area contributed by atoms with Gasteiger partial charge in [0.15, 0.2) is 0 Å². The Bertz CT molecular complexity index is 1300. The van der Waals surface area contributed by atoms with E-state index in [1.807, 2.05) is 0 Å². The summed E-state index contributed by atoms with van der Waals surface area (Å²) >= 11 is 0. The van der Waals surface area contributed by atoms with Crippen LogP contribution in [0.2, 0.25) is 0 Å². The molecule has 1 N–H and O–H groups in total. The number of rotatable bonds is 6. The monoisotopic (exact) mass is 553 g/mol. The molecule has 2 heterocycles. The van der Waals surface area contributed by atoms with Gasteiger partial charge in [-0.15, -0.1) is 0 Å². The Balaban J connectivity index is 0.000000747. The molecule has 13 heteroatoms. The summed E-state index contributed by atoms with van der Waals surface area (Å²) in [6.07, 6.45) is -4.28. The number of alkyl halides is 6. The zero-order chi connectivity index (χ0) is 27.1. The van der Waals surface area contributed by atoms with Gasteiger partial charge in [-0.3, -0.25) is 0 Å². The van der Waals surface area contributed by atoms with Crippen LogP contribution < -0.4 is 4.72 Å². The number of aromatic nitrogens is 2. The Morgan fingerprint density at radius 2 is 1.81 bits per heavy atom. The molecule has 202 valence electrons. The van der Waals surface area contributed by atoms with Crippen LogP contribution in [0.5, 0.6) is 0 Å². The van der Waals surface area contributed by atoms with Gasteiger partial charge in [0.05, 0.1) is 16.5 Å². The van der Waals surface area contributed by atoms with Gasteiger partial charge in [0.25, 0.3) is 0 Å². The summed E-state index contributed by atoms with van der Waals surface area (Å²) in [5, 5.41) is 0.424. The lowest BCUT2D eigenvalue weighted by Gasteiger charge is -2.31. The first-order valence-electron chi connectivity index (χ1n) is 11.5. The smallest absolute Gasteiger partial charge is 0.329 e. The summed E-state index contributed by atoms with van der Waals surface area (Å²) in [6, 6.07) is 2.79. The van der Waals surface area contributed by atoms with Gasteiger partial charge >= 0.3 is 6.18 Å². The summed E-state index contributed by atoms with van der Waals surface area (Å²) in [5.74, 6) is -2.10. The molecule has 2 fully saturated rings. The largest absolute Gasteiger partial charge is 0.417 e. The molecule has 5 rings (SSSR count). The summed E-state index contributed by atoms with van der Waals surface area (Å²) in [5.41, 5.74) is -1.71. The van der Waals surface area contributed by atoms with Crippen LogP contribution in [0.3, 0.4) is 0 Å². The van der Waals surface area contributed by atoms with Gasteiger partial charge in [0.2, 0.25) is 6.43 Å². The van der Waals surface area contributed by atoms with Gasteiger partial charge in [-0.1, -0.05) is 0 Å². The first-order chi connectivity index (χ1) is 17.3. The summed E-state index contributed by atoms with van der Waals surface area (Å²) in [7, 11) is -1.25. The predicted octanol–water partition coefficient (Wildman–Crippen LogP) is 6.86. The zero-order valence-corrected chi connectivity index (χ0v) is 20.3. The lowest BCUT2D eigenvalue weighted by Crippen LogP contribution is -2.27. The van der Waals surface area contributed by atoms with E-state index in [9.17, 15) is 34.9 Å². The van der Waals surface area contributed by atoms with Crippen molar-refractivity contribution in [1.82, 2.24) is 14.3 Å². The van der Waals surface area contributed by atoms with E-state index in [-0.39, 0.29) is 36.3 Å². The van der Waals surface area contributed by atoms with Crippen molar-refractivity contribution in [3.63, 3.8) is 0 Å². The highest BCUT2D eigenvalue weighted by molar-refractivity contribution is 7.83. The fourth-order valence-corrected chi connectivity index (χ4v) is 5.17. The van der Waals surface area contributed by atoms with E-state index in [0.29, 0.717) is 17.0 Å². The zero-order valence-electron chi connectivity index (χ0n) is 19.5. The molecular weight excluding hydrogens is 530 g/mol. The standard InChI is InChI=1S/C22H19F6N3OS.C2H4F2/c23-12-1-4-16(18(7-12)22(26,27)28)20-19(25)8-17-11(9-29-33(32)15-2-3-15)10-31(21(17)30-20)14-5-13(24)6-14;1-2(3)4/h1,4,7-8,10,13-15,29H,2-3,5-6,9H2;2H,1H3. The highest BCUT2D eigenvalue weighted by atomic mass is 32.2. The molecule has 1 aromatic carbocycles. The molecule has 4 nitrogen and oxygen atoms in total.